The molecule has 0 aliphatic rings. The van der Waals surface area contributed by atoms with Gasteiger partial charge in [0.05, 0.1) is 10.8 Å². The van der Waals surface area contributed by atoms with Crippen LogP contribution >= 0.6 is 11.3 Å². The number of carbonyl (C=O) groups is 2. The van der Waals surface area contributed by atoms with Gasteiger partial charge < -0.3 is 10.1 Å². The minimum absolute atomic E-state index is 0.00833. The number of nitrogens with zero attached hydrogens (tertiary/aromatic N) is 2. The lowest BCUT2D eigenvalue weighted by Gasteiger charge is -2.14. The third-order valence-corrected chi connectivity index (χ3v) is 5.70. The van der Waals surface area contributed by atoms with Gasteiger partial charge in [-0.25, -0.2) is 9.78 Å². The number of amides is 1. The summed E-state index contributed by atoms with van der Waals surface area (Å²) in [6.45, 7) is 1.73. The van der Waals surface area contributed by atoms with E-state index in [1.807, 2.05) is 18.2 Å². The van der Waals surface area contributed by atoms with Crippen LogP contribution in [0.4, 0.5) is 10.8 Å². The lowest BCUT2D eigenvalue weighted by Crippen LogP contribution is -2.34. The van der Waals surface area contributed by atoms with E-state index in [1.165, 1.54) is 23.5 Å². The smallest absolute Gasteiger partial charge is 0.353 e. The molecular weight excluding hydrogens is 444 g/mol. The molecule has 170 valence electrons. The number of nitro benzene ring substituents is 1. The van der Waals surface area contributed by atoms with E-state index in [2.05, 4.69) is 10.3 Å². The Morgan fingerprint density at radius 3 is 2.61 bits per heavy atom. The van der Waals surface area contributed by atoms with Crippen molar-refractivity contribution in [3.05, 3.63) is 86.9 Å². The number of anilines is 1. The predicted molar refractivity (Wildman–Crippen MR) is 124 cm³/mol. The Kier molecular flexibility index (Phi) is 7.98. The molecule has 0 aliphatic heterocycles. The van der Waals surface area contributed by atoms with Gasteiger partial charge in [-0.05, 0) is 17.5 Å². The minimum Gasteiger partial charge on any atom is -0.456 e. The van der Waals surface area contributed by atoms with Crippen LogP contribution in [0, 0.1) is 21.4 Å². The molecule has 3 aromatic rings. The summed E-state index contributed by atoms with van der Waals surface area (Å²) >= 11 is 1.23. The number of rotatable bonds is 10. The number of thiazole rings is 1. The first kappa shape index (κ1) is 23.7. The van der Waals surface area contributed by atoms with Crippen LogP contribution < -0.4 is 5.32 Å². The molecule has 2 N–H and O–H groups in total. The van der Waals surface area contributed by atoms with Crippen LogP contribution in [-0.4, -0.2) is 27.5 Å². The number of nitro groups is 1. The maximum absolute atomic E-state index is 12.7. The van der Waals surface area contributed by atoms with Gasteiger partial charge in [0.1, 0.15) is 12.3 Å². The second-order valence-electron chi connectivity index (χ2n) is 7.16. The van der Waals surface area contributed by atoms with E-state index in [0.717, 1.165) is 16.0 Å². The molecule has 0 saturated heterocycles. The summed E-state index contributed by atoms with van der Waals surface area (Å²) in [5.41, 5.74) is 1.13. The van der Waals surface area contributed by atoms with E-state index in [-0.39, 0.29) is 18.7 Å². The molecular formula is C23H22N4O5S. The minimum atomic E-state index is -0.975. The van der Waals surface area contributed by atoms with Gasteiger partial charge >= 0.3 is 5.97 Å². The van der Waals surface area contributed by atoms with E-state index < -0.39 is 28.4 Å². The second-order valence-corrected chi connectivity index (χ2v) is 8.28. The fourth-order valence-electron chi connectivity index (χ4n) is 3.08. The number of ether oxygens (including phenoxy) is 1. The lowest BCUT2D eigenvalue weighted by atomic mass is 9.99. The first-order chi connectivity index (χ1) is 15.9. The maximum atomic E-state index is 12.7. The summed E-state index contributed by atoms with van der Waals surface area (Å²) in [4.78, 5) is 40.4. The molecule has 0 saturated carbocycles. The van der Waals surface area contributed by atoms with Crippen LogP contribution in [0.1, 0.15) is 29.3 Å². The Labute approximate surface area is 194 Å². The number of non-ortho nitro benzene ring substituents is 1. The third kappa shape index (κ3) is 6.53. The normalized spacial score (nSPS) is 11.4. The molecule has 1 unspecified atom stereocenters. The number of hydrogen-bond acceptors (Lipinski definition) is 8. The van der Waals surface area contributed by atoms with E-state index >= 15 is 0 Å². The topological polar surface area (TPSA) is 135 Å². The molecule has 9 nitrogen and oxygen atoms in total. The quantitative estimate of drug-likeness (QED) is 0.197. The van der Waals surface area contributed by atoms with Gasteiger partial charge in [0.15, 0.2) is 5.13 Å². The van der Waals surface area contributed by atoms with Gasteiger partial charge in [-0.3, -0.25) is 20.3 Å². The summed E-state index contributed by atoms with van der Waals surface area (Å²) in [6.07, 6.45) is 2.25. The highest BCUT2D eigenvalue weighted by Gasteiger charge is 2.28. The van der Waals surface area contributed by atoms with Gasteiger partial charge in [-0.2, -0.15) is 0 Å². The molecule has 0 fully saturated rings. The Morgan fingerprint density at radius 2 is 1.91 bits per heavy atom. The van der Waals surface area contributed by atoms with Crippen LogP contribution in [0.5, 0.6) is 0 Å². The van der Waals surface area contributed by atoms with Crippen molar-refractivity contribution in [1.82, 2.24) is 4.98 Å². The average molecular weight is 467 g/mol. The van der Waals surface area contributed by atoms with Gasteiger partial charge in [0, 0.05) is 29.6 Å². The molecule has 1 atom stereocenters. The van der Waals surface area contributed by atoms with Crippen molar-refractivity contribution in [2.45, 2.75) is 26.4 Å². The van der Waals surface area contributed by atoms with Crippen LogP contribution in [0.15, 0.2) is 60.8 Å². The second kappa shape index (κ2) is 11.1. The molecule has 0 radical (unpaired) electrons. The zero-order valence-electron chi connectivity index (χ0n) is 17.8. The zero-order chi connectivity index (χ0) is 23.8. The fourth-order valence-corrected chi connectivity index (χ4v) is 3.93. The van der Waals surface area contributed by atoms with Crippen molar-refractivity contribution in [2.75, 3.05) is 5.32 Å². The number of aromatic nitrogens is 1. The number of nitrogens with one attached hydrogen (secondary N) is 2. The van der Waals surface area contributed by atoms with E-state index in [0.29, 0.717) is 11.6 Å². The molecule has 0 aliphatic carbocycles. The zero-order valence-corrected chi connectivity index (χ0v) is 18.6. The summed E-state index contributed by atoms with van der Waals surface area (Å²) in [7, 11) is 0. The maximum Gasteiger partial charge on any atom is 0.353 e. The van der Waals surface area contributed by atoms with Crippen molar-refractivity contribution < 1.29 is 19.2 Å². The van der Waals surface area contributed by atoms with Crippen molar-refractivity contribution in [3.8, 4) is 0 Å². The van der Waals surface area contributed by atoms with Gasteiger partial charge in [0.2, 0.25) is 5.91 Å². The Hall–Kier alpha value is -3.92. The van der Waals surface area contributed by atoms with Gasteiger partial charge in [-0.15, -0.1) is 11.3 Å². The standard InChI is InChI=1S/C23H22N4O5S/c1-2-19(20(24)22(29)32-14-15-7-4-3-5-8-15)21(28)26-23-25-13-18(33-23)12-16-9-6-10-17(11-16)27(30)31/h3-11,13,19,24H,2,12,14H2,1H3,(H,25,26,28). The van der Waals surface area contributed by atoms with E-state index in [1.54, 1.807) is 37.4 Å². The molecule has 10 heteroatoms. The van der Waals surface area contributed by atoms with E-state index in [9.17, 15) is 19.7 Å². The molecule has 3 rings (SSSR count). The fraction of sp³-hybridized carbons (Fsp3) is 0.217. The number of esters is 1. The van der Waals surface area contributed by atoms with Crippen molar-refractivity contribution in [3.63, 3.8) is 0 Å². The van der Waals surface area contributed by atoms with Crippen molar-refractivity contribution in [1.29, 1.82) is 5.41 Å². The molecule has 33 heavy (non-hydrogen) atoms. The summed E-state index contributed by atoms with van der Waals surface area (Å²) in [5.74, 6) is -2.33. The molecule has 1 aromatic heterocycles. The highest BCUT2D eigenvalue weighted by Crippen LogP contribution is 2.24. The molecule has 1 heterocycles. The highest BCUT2D eigenvalue weighted by atomic mass is 32.1. The Bertz CT molecular complexity index is 1160. The number of hydrogen-bond donors (Lipinski definition) is 2. The van der Waals surface area contributed by atoms with E-state index in [4.69, 9.17) is 10.1 Å². The average Bonchev–Trinajstić information content (AvgIpc) is 3.25. The number of carbonyl (C=O) groups excluding carboxylic acids is 2. The van der Waals surface area contributed by atoms with Crippen LogP contribution in [0.25, 0.3) is 0 Å². The van der Waals surface area contributed by atoms with Gasteiger partial charge in [0.25, 0.3) is 5.69 Å². The summed E-state index contributed by atoms with van der Waals surface area (Å²) in [6, 6.07) is 15.4. The third-order valence-electron chi connectivity index (χ3n) is 4.79. The molecule has 0 bridgehead atoms. The van der Waals surface area contributed by atoms with Crippen molar-refractivity contribution >= 4 is 39.7 Å². The first-order valence-electron chi connectivity index (χ1n) is 10.2. The van der Waals surface area contributed by atoms with Gasteiger partial charge in [-0.1, -0.05) is 49.4 Å². The lowest BCUT2D eigenvalue weighted by molar-refractivity contribution is -0.384. The predicted octanol–water partition coefficient (Wildman–Crippen LogP) is 4.37. The van der Waals surface area contributed by atoms with Crippen molar-refractivity contribution in [2.24, 2.45) is 5.92 Å². The monoisotopic (exact) mass is 466 g/mol. The SMILES string of the molecule is CCC(C(=N)C(=O)OCc1ccccc1)C(=O)Nc1ncc(Cc2cccc([N+](=O)[O-])c2)s1. The Balaban J connectivity index is 1.58. The summed E-state index contributed by atoms with van der Waals surface area (Å²) < 4.78 is 5.17. The Morgan fingerprint density at radius 1 is 1.18 bits per heavy atom. The first-order valence-corrected chi connectivity index (χ1v) is 11.0. The highest BCUT2D eigenvalue weighted by molar-refractivity contribution is 7.15. The molecule has 0 spiro atoms. The van der Waals surface area contributed by atoms with Crippen LogP contribution in [-0.2, 0) is 27.4 Å². The van der Waals surface area contributed by atoms with Crippen LogP contribution in [0.3, 0.4) is 0 Å². The molecule has 2 aromatic carbocycles. The summed E-state index contributed by atoms with van der Waals surface area (Å²) in [5, 5.41) is 22.0. The number of benzene rings is 2. The largest absolute Gasteiger partial charge is 0.456 e. The molecule has 1 amide bonds. The van der Waals surface area contributed by atoms with Crippen LogP contribution in [0.2, 0.25) is 0 Å².